The van der Waals surface area contributed by atoms with E-state index in [0.717, 1.165) is 0 Å². The predicted octanol–water partition coefficient (Wildman–Crippen LogP) is 1.46. The molecule has 1 heterocycles. The quantitative estimate of drug-likeness (QED) is 0.763. The third-order valence-electron chi connectivity index (χ3n) is 2.35. The molecule has 0 aliphatic rings. The number of urea groups is 1. The highest BCUT2D eigenvalue weighted by molar-refractivity contribution is 7.13. The fourth-order valence-electron chi connectivity index (χ4n) is 1.37. The summed E-state index contributed by atoms with van der Waals surface area (Å²) in [5, 5.41) is 22.2. The smallest absolute Gasteiger partial charge is 0.321 e. The Labute approximate surface area is 104 Å². The lowest BCUT2D eigenvalue weighted by molar-refractivity contribution is 0.194. The van der Waals surface area contributed by atoms with Crippen LogP contribution >= 0.6 is 11.3 Å². The molecule has 1 aromatic rings. The van der Waals surface area contributed by atoms with Gasteiger partial charge in [-0.25, -0.2) is 4.79 Å². The van der Waals surface area contributed by atoms with Crippen LogP contribution in [0.15, 0.2) is 5.51 Å². The first-order chi connectivity index (χ1) is 7.93. The third-order valence-corrected chi connectivity index (χ3v) is 2.96. The highest BCUT2D eigenvalue weighted by Crippen LogP contribution is 2.21. The van der Waals surface area contributed by atoms with Gasteiger partial charge in [0, 0.05) is 12.6 Å². The van der Waals surface area contributed by atoms with E-state index in [2.05, 4.69) is 20.8 Å². The molecule has 0 saturated carbocycles. The average molecular weight is 258 g/mol. The number of aliphatic hydroxyl groups excluding tert-OH is 1. The minimum absolute atomic E-state index is 0.0427. The van der Waals surface area contributed by atoms with E-state index in [1.165, 1.54) is 11.3 Å². The number of aliphatic hydroxyl groups is 1. The number of nitrogens with one attached hydrogen (secondary N) is 2. The van der Waals surface area contributed by atoms with Crippen molar-refractivity contribution in [3.05, 3.63) is 5.51 Å². The lowest BCUT2D eigenvalue weighted by Crippen LogP contribution is -2.46. The van der Waals surface area contributed by atoms with Crippen LogP contribution in [0.25, 0.3) is 0 Å². The second-order valence-electron chi connectivity index (χ2n) is 4.77. The number of aromatic nitrogens is 2. The molecule has 17 heavy (non-hydrogen) atoms. The lowest BCUT2D eigenvalue weighted by atomic mass is 9.85. The van der Waals surface area contributed by atoms with Crippen molar-refractivity contribution < 1.29 is 9.90 Å². The van der Waals surface area contributed by atoms with Crippen LogP contribution < -0.4 is 10.6 Å². The van der Waals surface area contributed by atoms with Crippen LogP contribution in [0.1, 0.15) is 27.2 Å². The molecule has 0 saturated heterocycles. The van der Waals surface area contributed by atoms with E-state index in [9.17, 15) is 4.79 Å². The molecule has 0 radical (unpaired) electrons. The summed E-state index contributed by atoms with van der Waals surface area (Å²) in [5.41, 5.74) is 1.44. The van der Waals surface area contributed by atoms with Gasteiger partial charge in [0.05, 0.1) is 0 Å². The van der Waals surface area contributed by atoms with Crippen LogP contribution in [0, 0.1) is 5.41 Å². The largest absolute Gasteiger partial charge is 0.396 e. The Bertz CT molecular complexity index is 348. The SMILES string of the molecule is CC(C)(C)[C@@H](CCO)NC(=O)Nc1nncs1. The number of rotatable bonds is 4. The van der Waals surface area contributed by atoms with Gasteiger partial charge >= 0.3 is 6.03 Å². The van der Waals surface area contributed by atoms with Crippen molar-refractivity contribution in [2.24, 2.45) is 5.41 Å². The molecule has 1 atom stereocenters. The molecular formula is C10H18N4O2S. The van der Waals surface area contributed by atoms with Crippen molar-refractivity contribution >= 4 is 22.5 Å². The molecule has 2 amide bonds. The third kappa shape index (κ3) is 4.66. The number of carbonyl (C=O) groups is 1. The summed E-state index contributed by atoms with van der Waals surface area (Å²) in [6.45, 7) is 6.08. The fourth-order valence-corrected chi connectivity index (χ4v) is 1.81. The Morgan fingerprint density at radius 2 is 2.29 bits per heavy atom. The van der Waals surface area contributed by atoms with Gasteiger partial charge in [0.25, 0.3) is 0 Å². The van der Waals surface area contributed by atoms with Gasteiger partial charge in [-0.05, 0) is 11.8 Å². The van der Waals surface area contributed by atoms with Crippen molar-refractivity contribution in [3.8, 4) is 0 Å². The number of hydrogen-bond acceptors (Lipinski definition) is 5. The van der Waals surface area contributed by atoms with E-state index in [0.29, 0.717) is 11.6 Å². The summed E-state index contributed by atoms with van der Waals surface area (Å²) in [6.07, 6.45) is 0.521. The number of anilines is 1. The van der Waals surface area contributed by atoms with Gasteiger partial charge in [-0.15, -0.1) is 10.2 Å². The molecule has 1 aromatic heterocycles. The van der Waals surface area contributed by atoms with E-state index >= 15 is 0 Å². The van der Waals surface area contributed by atoms with Gasteiger partial charge in [0.15, 0.2) is 0 Å². The Morgan fingerprint density at radius 1 is 1.59 bits per heavy atom. The standard InChI is InChI=1S/C10H18N4O2S/c1-10(2,3)7(4-5-15)12-8(16)13-9-14-11-6-17-9/h6-7,15H,4-5H2,1-3H3,(H2,12,13,14,16)/t7-/m1/s1. The van der Waals surface area contributed by atoms with Crippen molar-refractivity contribution in [1.29, 1.82) is 0 Å². The molecule has 6 nitrogen and oxygen atoms in total. The summed E-state index contributed by atoms with van der Waals surface area (Å²) >= 11 is 1.26. The molecule has 0 bridgehead atoms. The first-order valence-corrected chi connectivity index (χ1v) is 6.26. The molecule has 0 aliphatic carbocycles. The predicted molar refractivity (Wildman–Crippen MR) is 67.0 cm³/mol. The molecule has 1 rings (SSSR count). The fraction of sp³-hybridized carbons (Fsp3) is 0.700. The van der Waals surface area contributed by atoms with Crippen molar-refractivity contribution in [3.63, 3.8) is 0 Å². The molecule has 7 heteroatoms. The minimum atomic E-state index is -0.324. The minimum Gasteiger partial charge on any atom is -0.396 e. The van der Waals surface area contributed by atoms with Crippen LogP contribution in [0.5, 0.6) is 0 Å². The normalized spacial score (nSPS) is 13.2. The summed E-state index contributed by atoms with van der Waals surface area (Å²) < 4.78 is 0. The second kappa shape index (κ2) is 5.92. The van der Waals surface area contributed by atoms with E-state index < -0.39 is 0 Å². The zero-order chi connectivity index (χ0) is 12.9. The molecule has 0 aromatic carbocycles. The zero-order valence-electron chi connectivity index (χ0n) is 10.2. The van der Waals surface area contributed by atoms with Crippen molar-refractivity contribution in [2.45, 2.75) is 33.2 Å². The maximum atomic E-state index is 11.7. The van der Waals surface area contributed by atoms with Gasteiger partial charge in [-0.1, -0.05) is 32.1 Å². The van der Waals surface area contributed by atoms with E-state index in [-0.39, 0.29) is 24.1 Å². The summed E-state index contributed by atoms with van der Waals surface area (Å²) in [7, 11) is 0. The van der Waals surface area contributed by atoms with Crippen LogP contribution in [0.3, 0.4) is 0 Å². The number of nitrogens with zero attached hydrogens (tertiary/aromatic N) is 2. The molecule has 0 unspecified atom stereocenters. The highest BCUT2D eigenvalue weighted by Gasteiger charge is 2.25. The molecule has 0 spiro atoms. The zero-order valence-corrected chi connectivity index (χ0v) is 11.0. The number of hydrogen-bond donors (Lipinski definition) is 3. The topological polar surface area (TPSA) is 87.1 Å². The van der Waals surface area contributed by atoms with E-state index in [1.807, 2.05) is 20.8 Å². The van der Waals surface area contributed by atoms with Crippen LogP contribution in [0.2, 0.25) is 0 Å². The first kappa shape index (κ1) is 13.9. The Morgan fingerprint density at radius 3 is 2.76 bits per heavy atom. The van der Waals surface area contributed by atoms with Crippen LogP contribution in [-0.4, -0.2) is 34.0 Å². The summed E-state index contributed by atoms with van der Waals surface area (Å²) in [5.74, 6) is 0. The molecule has 0 aliphatic heterocycles. The van der Waals surface area contributed by atoms with Gasteiger partial charge in [-0.2, -0.15) is 0 Å². The van der Waals surface area contributed by atoms with Crippen molar-refractivity contribution in [1.82, 2.24) is 15.5 Å². The highest BCUT2D eigenvalue weighted by atomic mass is 32.1. The Hall–Kier alpha value is -1.21. The summed E-state index contributed by atoms with van der Waals surface area (Å²) in [4.78, 5) is 11.7. The van der Waals surface area contributed by atoms with Gasteiger partial charge in [0.2, 0.25) is 5.13 Å². The average Bonchev–Trinajstić information content (AvgIpc) is 2.68. The maximum absolute atomic E-state index is 11.7. The molecule has 96 valence electrons. The van der Waals surface area contributed by atoms with Gasteiger partial charge in [-0.3, -0.25) is 5.32 Å². The van der Waals surface area contributed by atoms with Gasteiger partial charge in [0.1, 0.15) is 5.51 Å². The monoisotopic (exact) mass is 258 g/mol. The molecular weight excluding hydrogens is 240 g/mol. The Kier molecular flexibility index (Phi) is 4.83. The van der Waals surface area contributed by atoms with Crippen LogP contribution in [0.4, 0.5) is 9.93 Å². The first-order valence-electron chi connectivity index (χ1n) is 5.38. The van der Waals surface area contributed by atoms with Crippen LogP contribution in [-0.2, 0) is 0 Å². The second-order valence-corrected chi connectivity index (χ2v) is 5.61. The Balaban J connectivity index is 2.52. The summed E-state index contributed by atoms with van der Waals surface area (Å²) in [6, 6.07) is -0.421. The molecule has 3 N–H and O–H groups in total. The van der Waals surface area contributed by atoms with E-state index in [1.54, 1.807) is 5.51 Å². The maximum Gasteiger partial charge on any atom is 0.321 e. The number of amides is 2. The van der Waals surface area contributed by atoms with Crippen molar-refractivity contribution in [2.75, 3.05) is 11.9 Å². The van der Waals surface area contributed by atoms with Gasteiger partial charge < -0.3 is 10.4 Å². The van der Waals surface area contributed by atoms with E-state index in [4.69, 9.17) is 5.11 Å². The molecule has 0 fully saturated rings. The number of carbonyl (C=O) groups excluding carboxylic acids is 1. The lowest BCUT2D eigenvalue weighted by Gasteiger charge is -2.30.